The maximum atomic E-state index is 13.3. The van der Waals surface area contributed by atoms with Crippen LogP contribution in [0.1, 0.15) is 17.3 Å². The van der Waals surface area contributed by atoms with Crippen molar-refractivity contribution in [2.24, 2.45) is 7.05 Å². The first-order valence-electron chi connectivity index (χ1n) is 7.06. The number of Topliss-reactive ketones (excluding diaryl/α,β-unsaturated/α-hetero) is 1. The van der Waals surface area contributed by atoms with E-state index in [1.807, 2.05) is 0 Å². The zero-order chi connectivity index (χ0) is 17.3. The number of thioether (sulfide) groups is 1. The summed E-state index contributed by atoms with van der Waals surface area (Å²) in [5.41, 5.74) is 0.113. The second kappa shape index (κ2) is 6.56. The lowest BCUT2D eigenvalue weighted by Crippen LogP contribution is -2.15. The number of benzene rings is 1. The van der Waals surface area contributed by atoms with E-state index in [2.05, 4.69) is 10.2 Å². The van der Waals surface area contributed by atoms with Crippen LogP contribution >= 0.6 is 11.8 Å². The molecule has 1 atom stereocenters. The highest BCUT2D eigenvalue weighted by Gasteiger charge is 2.22. The first kappa shape index (κ1) is 16.4. The van der Waals surface area contributed by atoms with Crippen molar-refractivity contribution in [1.82, 2.24) is 14.8 Å². The summed E-state index contributed by atoms with van der Waals surface area (Å²) in [7, 11) is 1.76. The zero-order valence-electron chi connectivity index (χ0n) is 12.9. The monoisotopic (exact) mass is 349 g/mol. The third-order valence-electron chi connectivity index (χ3n) is 3.43. The smallest absolute Gasteiger partial charge is 0.200 e. The molecule has 0 radical (unpaired) electrons. The summed E-state index contributed by atoms with van der Waals surface area (Å²) < 4.78 is 33.3. The average Bonchev–Trinajstić information content (AvgIpc) is 3.20. The highest BCUT2D eigenvalue weighted by molar-refractivity contribution is 8.00. The number of hydrogen-bond acceptors (Lipinski definition) is 5. The van der Waals surface area contributed by atoms with E-state index in [4.69, 9.17) is 4.42 Å². The number of ketones is 1. The first-order valence-corrected chi connectivity index (χ1v) is 7.94. The molecule has 24 heavy (non-hydrogen) atoms. The molecule has 1 aromatic carbocycles. The molecule has 0 saturated carbocycles. The van der Waals surface area contributed by atoms with Gasteiger partial charge in [0, 0.05) is 12.6 Å². The molecule has 0 aliphatic carbocycles. The second-order valence-electron chi connectivity index (χ2n) is 5.10. The van der Waals surface area contributed by atoms with Gasteiger partial charge in [-0.2, -0.15) is 0 Å². The van der Waals surface area contributed by atoms with E-state index in [1.165, 1.54) is 24.1 Å². The zero-order valence-corrected chi connectivity index (χ0v) is 13.7. The standard InChI is InChI=1S/C16H13F2N3O2S/c1-9(14(22)10-5-6-11(17)12(18)8-10)24-16-20-19-15(21(16)2)13-4-3-7-23-13/h3-9H,1-2H3. The van der Waals surface area contributed by atoms with E-state index in [-0.39, 0.29) is 11.3 Å². The van der Waals surface area contributed by atoms with E-state index in [0.29, 0.717) is 16.7 Å². The fourth-order valence-electron chi connectivity index (χ4n) is 2.13. The van der Waals surface area contributed by atoms with Crippen molar-refractivity contribution < 1.29 is 18.0 Å². The highest BCUT2D eigenvalue weighted by Crippen LogP contribution is 2.27. The summed E-state index contributed by atoms with van der Waals surface area (Å²) in [6, 6.07) is 6.61. The second-order valence-corrected chi connectivity index (χ2v) is 6.40. The number of hydrogen-bond donors (Lipinski definition) is 0. The summed E-state index contributed by atoms with van der Waals surface area (Å²) >= 11 is 1.18. The topological polar surface area (TPSA) is 60.9 Å². The fraction of sp³-hybridized carbons (Fsp3) is 0.188. The lowest BCUT2D eigenvalue weighted by atomic mass is 10.1. The van der Waals surface area contributed by atoms with E-state index >= 15 is 0 Å². The van der Waals surface area contributed by atoms with Gasteiger partial charge in [-0.25, -0.2) is 8.78 Å². The Morgan fingerprint density at radius 3 is 2.71 bits per heavy atom. The molecule has 0 amide bonds. The summed E-state index contributed by atoms with van der Waals surface area (Å²) in [5.74, 6) is -1.24. The lowest BCUT2D eigenvalue weighted by molar-refractivity contribution is 0.0993. The molecule has 3 rings (SSSR count). The average molecular weight is 349 g/mol. The van der Waals surface area contributed by atoms with Crippen LogP contribution in [0.5, 0.6) is 0 Å². The van der Waals surface area contributed by atoms with Gasteiger partial charge in [-0.1, -0.05) is 11.8 Å². The molecule has 0 aliphatic rings. The van der Waals surface area contributed by atoms with Gasteiger partial charge in [0.2, 0.25) is 0 Å². The molecule has 0 N–H and O–H groups in total. The van der Waals surface area contributed by atoms with Crippen LogP contribution in [0.15, 0.2) is 46.2 Å². The van der Waals surface area contributed by atoms with Crippen LogP contribution in [0.2, 0.25) is 0 Å². The molecule has 2 aromatic heterocycles. The fourth-order valence-corrected chi connectivity index (χ4v) is 3.03. The van der Waals surface area contributed by atoms with Crippen LogP contribution in [0.3, 0.4) is 0 Å². The number of nitrogens with zero attached hydrogens (tertiary/aromatic N) is 3. The summed E-state index contributed by atoms with van der Waals surface area (Å²) in [6.07, 6.45) is 1.53. The minimum atomic E-state index is -1.04. The Morgan fingerprint density at radius 1 is 1.25 bits per heavy atom. The van der Waals surface area contributed by atoms with Gasteiger partial charge in [0.05, 0.1) is 11.5 Å². The van der Waals surface area contributed by atoms with Crippen molar-refractivity contribution in [3.05, 3.63) is 53.8 Å². The van der Waals surface area contributed by atoms with Gasteiger partial charge in [0.1, 0.15) is 0 Å². The molecule has 124 valence electrons. The van der Waals surface area contributed by atoms with E-state index in [0.717, 1.165) is 12.1 Å². The van der Waals surface area contributed by atoms with Gasteiger partial charge in [0.15, 0.2) is 34.2 Å². The van der Waals surface area contributed by atoms with Gasteiger partial charge in [-0.3, -0.25) is 4.79 Å². The Labute approximate surface area is 140 Å². The summed E-state index contributed by atoms with van der Waals surface area (Å²) in [4.78, 5) is 12.4. The Balaban J connectivity index is 1.78. The van der Waals surface area contributed by atoms with Gasteiger partial charge in [-0.05, 0) is 37.3 Å². The van der Waals surface area contributed by atoms with Crippen molar-refractivity contribution in [2.45, 2.75) is 17.3 Å². The third kappa shape index (κ3) is 3.09. The maximum Gasteiger partial charge on any atom is 0.200 e. The molecular formula is C16H13F2N3O2S. The molecule has 0 saturated heterocycles. The van der Waals surface area contributed by atoms with Gasteiger partial charge >= 0.3 is 0 Å². The lowest BCUT2D eigenvalue weighted by Gasteiger charge is -2.10. The van der Waals surface area contributed by atoms with Gasteiger partial charge in [-0.15, -0.1) is 10.2 Å². The number of furan rings is 1. The summed E-state index contributed by atoms with van der Waals surface area (Å²) in [6.45, 7) is 1.68. The first-order chi connectivity index (χ1) is 11.5. The van der Waals surface area contributed by atoms with Crippen LogP contribution in [0.25, 0.3) is 11.6 Å². The Kier molecular flexibility index (Phi) is 4.48. The van der Waals surface area contributed by atoms with Crippen molar-refractivity contribution in [1.29, 1.82) is 0 Å². The quantitative estimate of drug-likeness (QED) is 0.519. The van der Waals surface area contributed by atoms with Crippen LogP contribution < -0.4 is 0 Å². The van der Waals surface area contributed by atoms with Crippen LogP contribution in [-0.4, -0.2) is 25.8 Å². The molecule has 3 aromatic rings. The van der Waals surface area contributed by atoms with Gasteiger partial charge in [0.25, 0.3) is 0 Å². The Bertz CT molecular complexity index is 878. The predicted octanol–water partition coefficient (Wildman–Crippen LogP) is 3.72. The number of halogens is 2. The molecule has 0 bridgehead atoms. The Morgan fingerprint density at radius 2 is 2.04 bits per heavy atom. The number of aromatic nitrogens is 3. The molecule has 0 aliphatic heterocycles. The van der Waals surface area contributed by atoms with Gasteiger partial charge < -0.3 is 8.98 Å². The highest BCUT2D eigenvalue weighted by atomic mass is 32.2. The van der Waals surface area contributed by atoms with Crippen molar-refractivity contribution in [3.63, 3.8) is 0 Å². The predicted molar refractivity (Wildman–Crippen MR) is 84.7 cm³/mol. The molecule has 0 fully saturated rings. The third-order valence-corrected chi connectivity index (χ3v) is 4.57. The molecule has 1 unspecified atom stereocenters. The van der Waals surface area contributed by atoms with Crippen LogP contribution in [0.4, 0.5) is 8.78 Å². The van der Waals surface area contributed by atoms with E-state index < -0.39 is 16.9 Å². The van der Waals surface area contributed by atoms with Crippen LogP contribution in [0, 0.1) is 11.6 Å². The number of carbonyl (C=O) groups is 1. The van der Waals surface area contributed by atoms with E-state index in [9.17, 15) is 13.6 Å². The molecule has 2 heterocycles. The largest absolute Gasteiger partial charge is 0.461 e. The van der Waals surface area contributed by atoms with Crippen molar-refractivity contribution >= 4 is 17.5 Å². The van der Waals surface area contributed by atoms with E-state index in [1.54, 1.807) is 30.7 Å². The molecule has 8 heteroatoms. The maximum absolute atomic E-state index is 13.3. The minimum Gasteiger partial charge on any atom is -0.461 e. The molecule has 0 spiro atoms. The number of carbonyl (C=O) groups excluding carboxylic acids is 1. The van der Waals surface area contributed by atoms with Crippen molar-refractivity contribution in [2.75, 3.05) is 0 Å². The summed E-state index contributed by atoms with van der Waals surface area (Å²) in [5, 5.41) is 8.07. The number of rotatable bonds is 5. The SMILES string of the molecule is CC(Sc1nnc(-c2ccco2)n1C)C(=O)c1ccc(F)c(F)c1. The molecular weight excluding hydrogens is 336 g/mol. The Hall–Kier alpha value is -2.48. The van der Waals surface area contributed by atoms with Crippen LogP contribution in [-0.2, 0) is 7.05 Å². The normalized spacial score (nSPS) is 12.3. The molecule has 5 nitrogen and oxygen atoms in total. The minimum absolute atomic E-state index is 0.113. The van der Waals surface area contributed by atoms with Crippen molar-refractivity contribution in [3.8, 4) is 11.6 Å².